The van der Waals surface area contributed by atoms with E-state index in [-0.39, 0.29) is 18.3 Å². The van der Waals surface area contributed by atoms with Gasteiger partial charge in [0.15, 0.2) is 0 Å². The Morgan fingerprint density at radius 3 is 2.43 bits per heavy atom. The van der Waals surface area contributed by atoms with Crippen LogP contribution < -0.4 is 11.1 Å². The number of benzene rings is 2. The number of amides is 1. The number of fused-ring (bicyclic) bond motifs is 1. The zero-order valence-electron chi connectivity index (χ0n) is 16.6. The van der Waals surface area contributed by atoms with Crippen LogP contribution in [0, 0.1) is 5.82 Å². The fourth-order valence-electron chi connectivity index (χ4n) is 3.21. The smallest absolute Gasteiger partial charge is 0.246 e. The van der Waals surface area contributed by atoms with Crippen LogP contribution in [0.2, 0.25) is 0 Å². The molecular formula is C22H21BrFN5O. The highest BCUT2D eigenvalue weighted by atomic mass is 79.9. The zero-order chi connectivity index (χ0) is 21.5. The Morgan fingerprint density at radius 1 is 1.13 bits per heavy atom. The minimum absolute atomic E-state index is 0.196. The summed E-state index contributed by atoms with van der Waals surface area (Å²) in [4.78, 5) is 18.9. The van der Waals surface area contributed by atoms with Gasteiger partial charge in [-0.05, 0) is 62.4 Å². The Kier molecular flexibility index (Phi) is 5.21. The Labute approximate surface area is 182 Å². The van der Waals surface area contributed by atoms with E-state index in [1.807, 2.05) is 28.8 Å². The number of anilines is 2. The largest absolute Gasteiger partial charge is 0.339 e. The van der Waals surface area contributed by atoms with Gasteiger partial charge in [-0.1, -0.05) is 15.9 Å². The number of hydrogen-bond acceptors (Lipinski definition) is 4. The van der Waals surface area contributed by atoms with Crippen molar-refractivity contribution in [3.05, 3.63) is 70.8 Å². The van der Waals surface area contributed by atoms with Crippen LogP contribution in [0.1, 0.15) is 19.7 Å². The van der Waals surface area contributed by atoms with Crippen LogP contribution in [0.25, 0.3) is 17.5 Å². The number of nitrogens with zero attached hydrogens (tertiary/aromatic N) is 3. The lowest BCUT2D eigenvalue weighted by atomic mass is 10.1. The standard InChI is InChI=1S/C22H21BrFN5O/c1-22(2,25)21(30)28-11-12-29-18(13-28)27-19(14-3-7-16(24)8-4-14)20(29)26-17-9-5-15(23)6-10-17/h3-12,26H,13,25H2,1-2H3. The summed E-state index contributed by atoms with van der Waals surface area (Å²) in [6, 6.07) is 13.9. The molecule has 3 aromatic rings. The molecule has 0 aliphatic carbocycles. The second kappa shape index (κ2) is 7.70. The predicted molar refractivity (Wildman–Crippen MR) is 119 cm³/mol. The van der Waals surface area contributed by atoms with Gasteiger partial charge in [-0.3, -0.25) is 9.36 Å². The molecule has 0 unspecified atom stereocenters. The first-order chi connectivity index (χ1) is 14.2. The van der Waals surface area contributed by atoms with E-state index in [4.69, 9.17) is 10.7 Å². The van der Waals surface area contributed by atoms with Crippen molar-refractivity contribution in [1.82, 2.24) is 14.5 Å². The van der Waals surface area contributed by atoms with E-state index >= 15 is 0 Å². The van der Waals surface area contributed by atoms with Crippen LogP contribution in [0.5, 0.6) is 0 Å². The number of halogens is 2. The van der Waals surface area contributed by atoms with Crippen LogP contribution in [0.4, 0.5) is 15.9 Å². The maximum absolute atomic E-state index is 13.5. The molecule has 0 spiro atoms. The minimum atomic E-state index is -0.989. The Bertz CT molecular complexity index is 1110. The topological polar surface area (TPSA) is 76.2 Å². The average Bonchev–Trinajstić information content (AvgIpc) is 3.06. The fraction of sp³-hybridized carbons (Fsp3) is 0.182. The molecule has 0 radical (unpaired) electrons. The molecule has 2 aromatic carbocycles. The van der Waals surface area contributed by atoms with E-state index in [1.54, 1.807) is 43.3 Å². The van der Waals surface area contributed by atoms with E-state index in [9.17, 15) is 9.18 Å². The molecule has 2 heterocycles. The predicted octanol–water partition coefficient (Wildman–Crippen LogP) is 4.70. The molecule has 1 aliphatic heterocycles. The molecule has 0 bridgehead atoms. The Hall–Kier alpha value is -2.97. The quantitative estimate of drug-likeness (QED) is 0.580. The summed E-state index contributed by atoms with van der Waals surface area (Å²) in [7, 11) is 0. The van der Waals surface area contributed by atoms with Gasteiger partial charge >= 0.3 is 0 Å². The third-order valence-electron chi connectivity index (χ3n) is 4.73. The molecule has 0 atom stereocenters. The molecular weight excluding hydrogens is 449 g/mol. The van der Waals surface area contributed by atoms with Crippen LogP contribution in [0.15, 0.2) is 59.2 Å². The summed E-state index contributed by atoms with van der Waals surface area (Å²) < 4.78 is 16.3. The number of nitrogens with two attached hydrogens (primary N) is 1. The second-order valence-electron chi connectivity index (χ2n) is 7.69. The van der Waals surface area contributed by atoms with Gasteiger partial charge < -0.3 is 16.0 Å². The van der Waals surface area contributed by atoms with E-state index in [0.29, 0.717) is 11.5 Å². The SMILES string of the molecule is CC(C)(N)C(=O)N1C=Cn2c(nc(-c3ccc(F)cc3)c2Nc2ccc(Br)cc2)C1. The highest BCUT2D eigenvalue weighted by molar-refractivity contribution is 9.10. The number of nitrogens with one attached hydrogen (secondary N) is 1. The van der Waals surface area contributed by atoms with Crippen LogP contribution >= 0.6 is 15.9 Å². The highest BCUT2D eigenvalue weighted by Gasteiger charge is 2.30. The lowest BCUT2D eigenvalue weighted by Gasteiger charge is -2.28. The third kappa shape index (κ3) is 4.01. The van der Waals surface area contributed by atoms with Crippen molar-refractivity contribution in [3.8, 4) is 11.3 Å². The van der Waals surface area contributed by atoms with Crippen molar-refractivity contribution in [2.45, 2.75) is 25.9 Å². The average molecular weight is 470 g/mol. The number of carbonyl (C=O) groups is 1. The van der Waals surface area contributed by atoms with Crippen molar-refractivity contribution < 1.29 is 9.18 Å². The molecule has 0 saturated carbocycles. The minimum Gasteiger partial charge on any atom is -0.339 e. The van der Waals surface area contributed by atoms with Crippen molar-refractivity contribution in [3.63, 3.8) is 0 Å². The van der Waals surface area contributed by atoms with Gasteiger partial charge in [0, 0.05) is 28.1 Å². The van der Waals surface area contributed by atoms with Crippen LogP contribution in [-0.2, 0) is 11.3 Å². The molecule has 3 N–H and O–H groups in total. The zero-order valence-corrected chi connectivity index (χ0v) is 18.1. The number of hydrogen-bond donors (Lipinski definition) is 2. The van der Waals surface area contributed by atoms with Gasteiger partial charge in [0.2, 0.25) is 5.91 Å². The van der Waals surface area contributed by atoms with E-state index in [1.165, 1.54) is 12.1 Å². The van der Waals surface area contributed by atoms with Crippen molar-refractivity contribution in [1.29, 1.82) is 0 Å². The Balaban J connectivity index is 1.76. The summed E-state index contributed by atoms with van der Waals surface area (Å²) in [6.45, 7) is 3.63. The monoisotopic (exact) mass is 469 g/mol. The second-order valence-corrected chi connectivity index (χ2v) is 8.60. The van der Waals surface area contributed by atoms with Gasteiger partial charge in [-0.25, -0.2) is 9.37 Å². The molecule has 1 aliphatic rings. The van der Waals surface area contributed by atoms with Crippen molar-refractivity contribution in [2.24, 2.45) is 5.73 Å². The van der Waals surface area contributed by atoms with E-state index < -0.39 is 5.54 Å². The maximum Gasteiger partial charge on any atom is 0.246 e. The Morgan fingerprint density at radius 2 is 1.80 bits per heavy atom. The third-order valence-corrected chi connectivity index (χ3v) is 5.26. The fourth-order valence-corrected chi connectivity index (χ4v) is 3.48. The van der Waals surface area contributed by atoms with Gasteiger partial charge in [-0.2, -0.15) is 0 Å². The molecule has 0 saturated heterocycles. The first-order valence-corrected chi connectivity index (χ1v) is 10.2. The first-order valence-electron chi connectivity index (χ1n) is 9.40. The molecule has 4 rings (SSSR count). The summed E-state index contributed by atoms with van der Waals surface area (Å²) in [5.74, 6) is 0.897. The molecule has 154 valence electrons. The summed E-state index contributed by atoms with van der Waals surface area (Å²) in [5.41, 5.74) is 7.30. The molecule has 0 fully saturated rings. The summed E-state index contributed by atoms with van der Waals surface area (Å²) >= 11 is 3.44. The van der Waals surface area contributed by atoms with Gasteiger partial charge in [0.1, 0.15) is 23.2 Å². The molecule has 6 nitrogen and oxygen atoms in total. The highest BCUT2D eigenvalue weighted by Crippen LogP contribution is 2.34. The first kappa shape index (κ1) is 20.3. The molecule has 1 amide bonds. The van der Waals surface area contributed by atoms with Crippen LogP contribution in [-0.4, -0.2) is 25.9 Å². The maximum atomic E-state index is 13.5. The van der Waals surface area contributed by atoms with Crippen molar-refractivity contribution in [2.75, 3.05) is 5.32 Å². The lowest BCUT2D eigenvalue weighted by Crippen LogP contribution is -2.49. The summed E-state index contributed by atoms with van der Waals surface area (Å²) in [6.07, 6.45) is 3.48. The molecule has 30 heavy (non-hydrogen) atoms. The van der Waals surface area contributed by atoms with Crippen LogP contribution in [0.3, 0.4) is 0 Å². The normalized spacial score (nSPS) is 13.3. The van der Waals surface area contributed by atoms with Gasteiger partial charge in [0.05, 0.1) is 12.1 Å². The van der Waals surface area contributed by atoms with Gasteiger partial charge in [0.25, 0.3) is 0 Å². The number of imidazole rings is 1. The number of carbonyl (C=O) groups excluding carboxylic acids is 1. The summed E-state index contributed by atoms with van der Waals surface area (Å²) in [5, 5.41) is 3.40. The van der Waals surface area contributed by atoms with Gasteiger partial charge in [-0.15, -0.1) is 0 Å². The van der Waals surface area contributed by atoms with E-state index in [0.717, 1.165) is 21.5 Å². The number of rotatable bonds is 4. The molecule has 1 aromatic heterocycles. The number of aromatic nitrogens is 2. The van der Waals surface area contributed by atoms with Crippen molar-refractivity contribution >= 4 is 39.5 Å². The van der Waals surface area contributed by atoms with E-state index in [2.05, 4.69) is 21.2 Å². The lowest BCUT2D eigenvalue weighted by molar-refractivity contribution is -0.133. The molecule has 8 heteroatoms.